The Morgan fingerprint density at radius 2 is 1.61 bits per heavy atom. The van der Waals surface area contributed by atoms with Crippen molar-refractivity contribution in [3.8, 4) is 0 Å². The minimum Gasteiger partial charge on any atom is -0.378 e. The molecule has 4 aromatic rings. The molecule has 198 valence electrons. The Kier molecular flexibility index (Phi) is 8.74. The predicted octanol–water partition coefficient (Wildman–Crippen LogP) is 6.01. The van der Waals surface area contributed by atoms with Crippen molar-refractivity contribution in [2.75, 3.05) is 32.1 Å². The van der Waals surface area contributed by atoms with E-state index in [1.54, 1.807) is 29.2 Å². The van der Waals surface area contributed by atoms with Crippen LogP contribution in [0.3, 0.4) is 0 Å². The number of fused-ring (bicyclic) bond motifs is 1. The maximum atomic E-state index is 13.7. The van der Waals surface area contributed by atoms with Gasteiger partial charge in [-0.1, -0.05) is 41.9 Å². The number of rotatable bonds is 10. The number of nitrogens with zero attached hydrogens (tertiary/aromatic N) is 3. The van der Waals surface area contributed by atoms with Crippen molar-refractivity contribution < 1.29 is 9.59 Å². The van der Waals surface area contributed by atoms with Crippen molar-refractivity contribution in [2.24, 2.45) is 0 Å². The van der Waals surface area contributed by atoms with Gasteiger partial charge in [-0.25, -0.2) is 0 Å². The summed E-state index contributed by atoms with van der Waals surface area (Å²) in [5.41, 5.74) is 4.91. The van der Waals surface area contributed by atoms with Crippen molar-refractivity contribution >= 4 is 40.0 Å². The van der Waals surface area contributed by atoms with Gasteiger partial charge in [0.25, 0.3) is 5.91 Å². The van der Waals surface area contributed by atoms with Gasteiger partial charge < -0.3 is 19.7 Å². The number of hydrogen-bond acceptors (Lipinski definition) is 3. The number of hydrogen-bond donors (Lipinski definition) is 1. The molecule has 1 heterocycles. The quantitative estimate of drug-likeness (QED) is 0.273. The van der Waals surface area contributed by atoms with Crippen molar-refractivity contribution in [3.63, 3.8) is 0 Å². The Morgan fingerprint density at radius 1 is 0.921 bits per heavy atom. The number of anilines is 1. The number of aromatic nitrogens is 1. The molecule has 7 heteroatoms. The highest BCUT2D eigenvalue weighted by atomic mass is 35.5. The van der Waals surface area contributed by atoms with Crippen molar-refractivity contribution in [3.05, 3.63) is 101 Å². The van der Waals surface area contributed by atoms with Crippen LogP contribution in [-0.4, -0.2) is 59.8 Å². The molecule has 1 aromatic heterocycles. The third kappa shape index (κ3) is 6.56. The first-order valence-electron chi connectivity index (χ1n) is 12.9. The molecule has 0 saturated heterocycles. The van der Waals surface area contributed by atoms with E-state index < -0.39 is 0 Å². The second kappa shape index (κ2) is 12.2. The summed E-state index contributed by atoms with van der Waals surface area (Å²) in [4.78, 5) is 35.9. The van der Waals surface area contributed by atoms with Crippen LogP contribution in [0.4, 0.5) is 5.69 Å². The third-order valence-corrected chi connectivity index (χ3v) is 7.04. The van der Waals surface area contributed by atoms with E-state index in [0.29, 0.717) is 30.1 Å². The Hall–Kier alpha value is -3.77. The minimum atomic E-state index is -0.183. The Morgan fingerprint density at radius 3 is 2.26 bits per heavy atom. The van der Waals surface area contributed by atoms with E-state index in [1.807, 2.05) is 56.1 Å². The van der Waals surface area contributed by atoms with Gasteiger partial charge in [0.15, 0.2) is 0 Å². The molecule has 38 heavy (non-hydrogen) atoms. The molecule has 0 spiro atoms. The molecule has 0 unspecified atom stereocenters. The zero-order valence-corrected chi connectivity index (χ0v) is 23.2. The van der Waals surface area contributed by atoms with E-state index in [2.05, 4.69) is 41.4 Å². The average molecular weight is 531 g/mol. The van der Waals surface area contributed by atoms with Crippen LogP contribution in [0.1, 0.15) is 35.3 Å². The second-order valence-electron chi connectivity index (χ2n) is 10.0. The van der Waals surface area contributed by atoms with Crippen molar-refractivity contribution in [2.45, 2.75) is 32.9 Å². The number of H-pyrrole nitrogens is 1. The number of amides is 2. The number of aromatic amines is 1. The SMILES string of the molecule is CC(C)N(CC(=O)N(CCc1c[nH]c2ccccc12)Cc1ccc(N(C)C)cc1)C(=O)c1ccc(Cl)cc1. The Bertz CT molecular complexity index is 1380. The van der Waals surface area contributed by atoms with Crippen LogP contribution in [0.15, 0.2) is 79.0 Å². The maximum absolute atomic E-state index is 13.7. The average Bonchev–Trinajstić information content (AvgIpc) is 3.32. The highest BCUT2D eigenvalue weighted by Gasteiger charge is 2.25. The topological polar surface area (TPSA) is 59.7 Å². The number of carbonyl (C=O) groups excluding carboxylic acids is 2. The van der Waals surface area contributed by atoms with Crippen LogP contribution in [0.5, 0.6) is 0 Å². The van der Waals surface area contributed by atoms with Gasteiger partial charge in [-0.05, 0) is 73.9 Å². The summed E-state index contributed by atoms with van der Waals surface area (Å²) >= 11 is 6.01. The van der Waals surface area contributed by atoms with Gasteiger partial charge in [0.05, 0.1) is 0 Å². The number of nitrogens with one attached hydrogen (secondary N) is 1. The van der Waals surface area contributed by atoms with E-state index in [4.69, 9.17) is 11.6 Å². The molecule has 0 fully saturated rings. The molecule has 0 atom stereocenters. The fraction of sp³-hybridized carbons (Fsp3) is 0.290. The summed E-state index contributed by atoms with van der Waals surface area (Å²) in [6.07, 6.45) is 2.72. The van der Waals surface area contributed by atoms with Gasteiger partial charge in [-0.15, -0.1) is 0 Å². The lowest BCUT2D eigenvalue weighted by Crippen LogP contribution is -2.46. The minimum absolute atomic E-state index is 0.00277. The number of carbonyl (C=O) groups is 2. The molecule has 0 saturated carbocycles. The fourth-order valence-electron chi connectivity index (χ4n) is 4.50. The van der Waals surface area contributed by atoms with Crippen molar-refractivity contribution in [1.29, 1.82) is 0 Å². The zero-order valence-electron chi connectivity index (χ0n) is 22.4. The summed E-state index contributed by atoms with van der Waals surface area (Å²) in [6, 6.07) is 23.1. The Balaban J connectivity index is 1.55. The number of halogens is 1. The first kappa shape index (κ1) is 27.3. The van der Waals surface area contributed by atoms with Crippen LogP contribution in [0.2, 0.25) is 5.02 Å². The molecule has 1 N–H and O–H groups in total. The van der Waals surface area contributed by atoms with E-state index in [1.165, 1.54) is 5.56 Å². The molecular formula is C31H35ClN4O2. The number of para-hydroxylation sites is 1. The van der Waals surface area contributed by atoms with Crippen molar-refractivity contribution in [1.82, 2.24) is 14.8 Å². The molecular weight excluding hydrogens is 496 g/mol. The predicted molar refractivity (Wildman–Crippen MR) is 156 cm³/mol. The van der Waals surface area contributed by atoms with Gasteiger partial charge in [-0.2, -0.15) is 0 Å². The highest BCUT2D eigenvalue weighted by Crippen LogP contribution is 2.20. The highest BCUT2D eigenvalue weighted by molar-refractivity contribution is 6.30. The molecule has 0 radical (unpaired) electrons. The van der Waals surface area contributed by atoms with Crippen LogP contribution >= 0.6 is 11.6 Å². The summed E-state index contributed by atoms with van der Waals surface area (Å²) < 4.78 is 0. The smallest absolute Gasteiger partial charge is 0.254 e. The van der Waals surface area contributed by atoms with Crippen LogP contribution < -0.4 is 4.90 Å². The lowest BCUT2D eigenvalue weighted by molar-refractivity contribution is -0.132. The van der Waals surface area contributed by atoms with Gasteiger partial charge in [0, 0.05) is 66.6 Å². The molecule has 2 amide bonds. The largest absolute Gasteiger partial charge is 0.378 e. The summed E-state index contributed by atoms with van der Waals surface area (Å²) in [6.45, 7) is 4.87. The molecule has 6 nitrogen and oxygen atoms in total. The molecule has 4 rings (SSSR count). The summed E-state index contributed by atoms with van der Waals surface area (Å²) in [5.74, 6) is -0.269. The molecule has 0 aliphatic carbocycles. The van der Waals surface area contributed by atoms with E-state index in [9.17, 15) is 9.59 Å². The molecule has 0 aliphatic heterocycles. The maximum Gasteiger partial charge on any atom is 0.254 e. The Labute approximate surface area is 229 Å². The van der Waals surface area contributed by atoms with Crippen LogP contribution in [0, 0.1) is 0 Å². The fourth-order valence-corrected chi connectivity index (χ4v) is 4.62. The van der Waals surface area contributed by atoms with Gasteiger partial charge in [0.1, 0.15) is 6.54 Å². The van der Waals surface area contributed by atoms with Gasteiger partial charge in [0.2, 0.25) is 5.91 Å². The van der Waals surface area contributed by atoms with Gasteiger partial charge >= 0.3 is 0 Å². The lowest BCUT2D eigenvalue weighted by atomic mass is 10.1. The third-order valence-electron chi connectivity index (χ3n) is 6.79. The molecule has 0 aliphatic rings. The van der Waals surface area contributed by atoms with Gasteiger partial charge in [-0.3, -0.25) is 9.59 Å². The summed E-state index contributed by atoms with van der Waals surface area (Å²) in [7, 11) is 4.01. The molecule has 0 bridgehead atoms. The normalized spacial score (nSPS) is 11.1. The summed E-state index contributed by atoms with van der Waals surface area (Å²) in [5, 5.41) is 1.73. The molecule has 3 aromatic carbocycles. The lowest BCUT2D eigenvalue weighted by Gasteiger charge is -2.30. The zero-order chi connectivity index (χ0) is 27.2. The standard InChI is InChI=1S/C31H35ClN4O2/c1-22(2)36(31(38)24-11-13-26(32)14-12-24)21-30(37)35(20-23-9-15-27(16-10-23)34(3)4)18-17-25-19-33-29-8-6-5-7-28(25)29/h5-16,19,22,33H,17-18,20-21H2,1-4H3. The van der Waals surface area contributed by atoms with E-state index >= 15 is 0 Å². The number of benzene rings is 3. The van der Waals surface area contributed by atoms with E-state index in [-0.39, 0.29) is 24.4 Å². The van der Waals surface area contributed by atoms with Crippen LogP contribution in [-0.2, 0) is 17.8 Å². The first-order chi connectivity index (χ1) is 18.2. The monoisotopic (exact) mass is 530 g/mol. The first-order valence-corrected chi connectivity index (χ1v) is 13.3. The second-order valence-corrected chi connectivity index (χ2v) is 10.5. The van der Waals surface area contributed by atoms with E-state index in [0.717, 1.165) is 22.2 Å². The van der Waals surface area contributed by atoms with Crippen LogP contribution in [0.25, 0.3) is 10.9 Å².